The van der Waals surface area contributed by atoms with Gasteiger partial charge in [0, 0.05) is 48.8 Å². The van der Waals surface area contributed by atoms with E-state index < -0.39 is 5.97 Å². The summed E-state index contributed by atoms with van der Waals surface area (Å²) < 4.78 is 0. The first kappa shape index (κ1) is 28.4. The first-order chi connectivity index (χ1) is 19.9. The van der Waals surface area contributed by atoms with E-state index in [4.69, 9.17) is 21.6 Å². The third-order valence-electron chi connectivity index (χ3n) is 9.42. The molecule has 41 heavy (non-hydrogen) atoms. The highest BCUT2D eigenvalue weighted by atomic mass is 35.5. The van der Waals surface area contributed by atoms with E-state index in [1.807, 2.05) is 6.07 Å². The SMILES string of the molecule is CCc1nc(C(=O)NC2CC2)cnc1N1CCN(C2CCN(Cc3ccc(Cl)cc3C(=O)O)CC2)[C@@H]2CCCC[C@@H]21. The molecule has 0 bridgehead atoms. The van der Waals surface area contributed by atoms with E-state index in [9.17, 15) is 14.7 Å². The molecule has 0 spiro atoms. The number of carbonyl (C=O) groups excluding carboxylic acids is 1. The minimum absolute atomic E-state index is 0.108. The predicted molar refractivity (Wildman–Crippen MR) is 159 cm³/mol. The zero-order valence-corrected chi connectivity index (χ0v) is 24.7. The molecule has 1 aromatic carbocycles. The maximum Gasteiger partial charge on any atom is 0.336 e. The summed E-state index contributed by atoms with van der Waals surface area (Å²) in [6.45, 7) is 6.57. The number of fused-ring (bicyclic) bond motifs is 1. The van der Waals surface area contributed by atoms with Gasteiger partial charge in [0.2, 0.25) is 0 Å². The molecule has 3 heterocycles. The summed E-state index contributed by atoms with van der Waals surface area (Å²) in [5.41, 5.74) is 2.47. The third kappa shape index (κ3) is 6.22. The highest BCUT2D eigenvalue weighted by Gasteiger charge is 2.42. The van der Waals surface area contributed by atoms with Crippen LogP contribution < -0.4 is 10.2 Å². The molecule has 2 atom stereocenters. The molecule has 0 radical (unpaired) electrons. The van der Waals surface area contributed by atoms with Crippen LogP contribution in [0.2, 0.25) is 5.02 Å². The molecule has 1 amide bonds. The molecule has 10 heteroatoms. The molecule has 2 N–H and O–H groups in total. The molecule has 2 saturated heterocycles. The minimum Gasteiger partial charge on any atom is -0.478 e. The van der Waals surface area contributed by atoms with Crippen LogP contribution in [0.1, 0.15) is 90.4 Å². The lowest BCUT2D eigenvalue weighted by atomic mass is 9.84. The van der Waals surface area contributed by atoms with Gasteiger partial charge < -0.3 is 15.3 Å². The van der Waals surface area contributed by atoms with Crippen LogP contribution in [-0.2, 0) is 13.0 Å². The number of carboxylic acid groups (broad SMARTS) is 1. The Morgan fingerprint density at radius 3 is 2.49 bits per heavy atom. The molecular formula is C31H41ClN6O3. The van der Waals surface area contributed by atoms with Crippen LogP contribution in [0.4, 0.5) is 5.82 Å². The summed E-state index contributed by atoms with van der Waals surface area (Å²) in [7, 11) is 0. The zero-order valence-electron chi connectivity index (χ0n) is 23.9. The Bertz CT molecular complexity index is 1280. The summed E-state index contributed by atoms with van der Waals surface area (Å²) in [5, 5.41) is 13.1. The first-order valence-electron chi connectivity index (χ1n) is 15.3. The third-order valence-corrected chi connectivity index (χ3v) is 9.65. The second kappa shape index (κ2) is 12.2. The van der Waals surface area contributed by atoms with Gasteiger partial charge in [-0.05, 0) is 75.7 Å². The van der Waals surface area contributed by atoms with Crippen molar-refractivity contribution in [3.63, 3.8) is 0 Å². The number of likely N-dealkylation sites (tertiary alicyclic amines) is 1. The predicted octanol–water partition coefficient (Wildman–Crippen LogP) is 4.38. The molecular weight excluding hydrogens is 540 g/mol. The van der Waals surface area contributed by atoms with Crippen molar-refractivity contribution in [1.29, 1.82) is 0 Å². The molecule has 1 aromatic heterocycles. The average molecular weight is 581 g/mol. The lowest BCUT2D eigenvalue weighted by Crippen LogP contribution is -2.64. The number of halogens is 1. The number of aromatic nitrogens is 2. The Balaban J connectivity index is 1.12. The standard InChI is InChI=1S/C31H41ClN6O3/c1-2-25-29(33-18-26(35-25)30(39)34-22-9-10-22)38-16-15-37(27-5-3-4-6-28(27)38)23-11-13-36(14-12-23)19-20-7-8-21(32)17-24(20)31(40)41/h7-8,17-18,22-23,27-28H,2-6,9-16,19H2,1H3,(H,34,39)(H,40,41)/t27-,28+/m1/s1. The van der Waals surface area contributed by atoms with Gasteiger partial charge in [-0.1, -0.05) is 37.4 Å². The highest BCUT2D eigenvalue weighted by molar-refractivity contribution is 6.31. The van der Waals surface area contributed by atoms with Gasteiger partial charge in [-0.15, -0.1) is 0 Å². The Morgan fingerprint density at radius 2 is 1.78 bits per heavy atom. The number of anilines is 1. The number of benzene rings is 1. The number of piperidine rings is 1. The van der Waals surface area contributed by atoms with Crippen molar-refractivity contribution in [2.75, 3.05) is 31.1 Å². The van der Waals surface area contributed by atoms with Gasteiger partial charge in [0.05, 0.1) is 17.5 Å². The molecule has 220 valence electrons. The number of nitrogens with one attached hydrogen (secondary N) is 1. The van der Waals surface area contributed by atoms with E-state index in [0.29, 0.717) is 47.0 Å². The van der Waals surface area contributed by atoms with Crippen molar-refractivity contribution in [3.05, 3.63) is 51.9 Å². The lowest BCUT2D eigenvalue weighted by molar-refractivity contribution is 0.0298. The molecule has 2 aliphatic heterocycles. The number of piperazine rings is 1. The number of aryl methyl sites for hydroxylation is 1. The van der Waals surface area contributed by atoms with Gasteiger partial charge >= 0.3 is 5.97 Å². The Hall–Kier alpha value is -2.75. The van der Waals surface area contributed by atoms with Crippen LogP contribution in [0.25, 0.3) is 0 Å². The van der Waals surface area contributed by atoms with Crippen molar-refractivity contribution in [2.45, 2.75) is 95.4 Å². The van der Waals surface area contributed by atoms with Crippen LogP contribution in [0.5, 0.6) is 0 Å². The second-order valence-electron chi connectivity index (χ2n) is 12.1. The summed E-state index contributed by atoms with van der Waals surface area (Å²) in [6, 6.07) is 6.93. The first-order valence-corrected chi connectivity index (χ1v) is 15.7. The van der Waals surface area contributed by atoms with Gasteiger partial charge in [0.15, 0.2) is 5.82 Å². The largest absolute Gasteiger partial charge is 0.478 e. The van der Waals surface area contributed by atoms with Crippen molar-refractivity contribution < 1.29 is 14.7 Å². The van der Waals surface area contributed by atoms with Crippen molar-refractivity contribution in [1.82, 2.24) is 25.1 Å². The van der Waals surface area contributed by atoms with E-state index in [0.717, 1.165) is 81.8 Å². The molecule has 2 aliphatic carbocycles. The van der Waals surface area contributed by atoms with E-state index in [-0.39, 0.29) is 5.91 Å². The van der Waals surface area contributed by atoms with E-state index in [1.54, 1.807) is 18.3 Å². The summed E-state index contributed by atoms with van der Waals surface area (Å²) in [4.78, 5) is 41.6. The number of carboxylic acids is 1. The van der Waals surface area contributed by atoms with Gasteiger partial charge in [-0.3, -0.25) is 14.6 Å². The molecule has 0 unspecified atom stereocenters. The van der Waals surface area contributed by atoms with Crippen LogP contribution in [0.15, 0.2) is 24.4 Å². The monoisotopic (exact) mass is 580 g/mol. The van der Waals surface area contributed by atoms with E-state index in [2.05, 4.69) is 26.9 Å². The number of aromatic carboxylic acids is 1. The van der Waals surface area contributed by atoms with Crippen molar-refractivity contribution >= 4 is 29.3 Å². The number of hydrogen-bond donors (Lipinski definition) is 2. The number of nitrogens with zero attached hydrogens (tertiary/aromatic N) is 5. The summed E-state index contributed by atoms with van der Waals surface area (Å²) in [5.74, 6) is -0.0760. The van der Waals surface area contributed by atoms with Gasteiger partial charge in [0.25, 0.3) is 5.91 Å². The molecule has 9 nitrogen and oxygen atoms in total. The van der Waals surface area contributed by atoms with Crippen molar-refractivity contribution in [3.8, 4) is 0 Å². The van der Waals surface area contributed by atoms with Crippen LogP contribution in [0.3, 0.4) is 0 Å². The lowest BCUT2D eigenvalue weighted by Gasteiger charge is -2.54. The Kier molecular flexibility index (Phi) is 8.47. The smallest absolute Gasteiger partial charge is 0.336 e. The quantitative estimate of drug-likeness (QED) is 0.474. The van der Waals surface area contributed by atoms with E-state index >= 15 is 0 Å². The molecule has 2 aromatic rings. The van der Waals surface area contributed by atoms with E-state index in [1.165, 1.54) is 19.3 Å². The normalized spacial score (nSPS) is 24.2. The molecule has 2 saturated carbocycles. The number of carbonyl (C=O) groups is 2. The number of hydrogen-bond acceptors (Lipinski definition) is 7. The van der Waals surface area contributed by atoms with Crippen molar-refractivity contribution in [2.24, 2.45) is 0 Å². The molecule has 4 aliphatic rings. The van der Waals surface area contributed by atoms with Gasteiger partial charge in [-0.2, -0.15) is 0 Å². The van der Waals surface area contributed by atoms with Gasteiger partial charge in [-0.25, -0.2) is 14.8 Å². The zero-order chi connectivity index (χ0) is 28.5. The fourth-order valence-corrected chi connectivity index (χ4v) is 7.32. The Labute approximate surface area is 247 Å². The maximum atomic E-state index is 12.6. The fraction of sp³-hybridized carbons (Fsp3) is 0.613. The number of amides is 1. The van der Waals surface area contributed by atoms with Gasteiger partial charge in [0.1, 0.15) is 5.69 Å². The summed E-state index contributed by atoms with van der Waals surface area (Å²) in [6.07, 6.45) is 11.5. The summed E-state index contributed by atoms with van der Waals surface area (Å²) >= 11 is 6.06. The fourth-order valence-electron chi connectivity index (χ4n) is 7.14. The van der Waals surface area contributed by atoms with Crippen LogP contribution in [-0.4, -0.2) is 87.1 Å². The maximum absolute atomic E-state index is 12.6. The highest BCUT2D eigenvalue weighted by Crippen LogP contribution is 2.36. The van der Waals surface area contributed by atoms with Crippen LogP contribution in [0, 0.1) is 0 Å². The number of rotatable bonds is 8. The minimum atomic E-state index is -0.925. The second-order valence-corrected chi connectivity index (χ2v) is 12.5. The van der Waals surface area contributed by atoms with Crippen LogP contribution >= 0.6 is 11.6 Å². The molecule has 4 fully saturated rings. The average Bonchev–Trinajstić information content (AvgIpc) is 3.81. The topological polar surface area (TPSA) is 102 Å². The molecule has 6 rings (SSSR count). The Morgan fingerprint density at radius 1 is 1.02 bits per heavy atom.